The monoisotopic (exact) mass is 448 g/mol. The van der Waals surface area contributed by atoms with Crippen LogP contribution in [0.1, 0.15) is 39.3 Å². The van der Waals surface area contributed by atoms with Crippen molar-refractivity contribution in [3.63, 3.8) is 0 Å². The zero-order valence-electron chi connectivity index (χ0n) is 18.2. The van der Waals surface area contributed by atoms with Gasteiger partial charge in [-0.25, -0.2) is 4.68 Å². The summed E-state index contributed by atoms with van der Waals surface area (Å²) in [6, 6.07) is 9.95. The number of hydrogen-bond acceptors (Lipinski definition) is 5. The number of nitrogens with zero attached hydrogens (tertiary/aromatic N) is 4. The van der Waals surface area contributed by atoms with Crippen LogP contribution in [-0.4, -0.2) is 63.3 Å². The molecule has 1 N–H and O–H groups in total. The number of amides is 1. The number of carbonyl (C=O) groups excluding carboxylic acids is 1. The average molecular weight is 449 g/mol. The molecular weight excluding hydrogens is 420 g/mol. The van der Waals surface area contributed by atoms with Crippen molar-refractivity contribution < 1.29 is 9.90 Å². The number of hydrogen-bond donors (Lipinski definition) is 1. The van der Waals surface area contributed by atoms with E-state index in [0.717, 1.165) is 67.4 Å². The average Bonchev–Trinajstić information content (AvgIpc) is 3.37. The number of aromatic nitrogens is 2. The summed E-state index contributed by atoms with van der Waals surface area (Å²) in [7, 11) is 0. The van der Waals surface area contributed by atoms with Gasteiger partial charge in [-0.3, -0.25) is 9.69 Å². The van der Waals surface area contributed by atoms with Crippen molar-refractivity contribution in [1.82, 2.24) is 19.6 Å². The van der Waals surface area contributed by atoms with E-state index in [1.807, 2.05) is 33.8 Å². The predicted molar refractivity (Wildman–Crippen MR) is 125 cm³/mol. The lowest BCUT2D eigenvalue weighted by molar-refractivity contribution is 0.0624. The first-order valence-corrected chi connectivity index (χ1v) is 12.5. The van der Waals surface area contributed by atoms with Crippen molar-refractivity contribution in [1.29, 1.82) is 0 Å². The van der Waals surface area contributed by atoms with Crippen LogP contribution >= 0.6 is 11.3 Å². The molecule has 0 unspecified atom stereocenters. The van der Waals surface area contributed by atoms with Crippen molar-refractivity contribution in [2.45, 2.75) is 32.3 Å². The lowest BCUT2D eigenvalue weighted by Gasteiger charge is -2.34. The predicted octanol–water partition coefficient (Wildman–Crippen LogP) is 3.36. The number of fused-ring (bicyclic) bond motifs is 3. The normalized spacial score (nSPS) is 18.5. The molecule has 2 aromatic heterocycles. The van der Waals surface area contributed by atoms with Gasteiger partial charge >= 0.3 is 0 Å². The zero-order valence-corrected chi connectivity index (χ0v) is 19.0. The maximum absolute atomic E-state index is 13.6. The minimum atomic E-state index is 0.0165. The van der Waals surface area contributed by atoms with Gasteiger partial charge in [-0.15, -0.1) is 11.3 Å². The SMILES string of the molecule is O=C(c1nn(-c2ccc(CO)cc2)c2c1CCc1sccc1-2)N1CCN(CC2CC2)CC1. The van der Waals surface area contributed by atoms with Crippen LogP contribution in [0.15, 0.2) is 35.7 Å². The second-order valence-corrected chi connectivity index (χ2v) is 10.2. The molecule has 7 heteroatoms. The molecule has 1 aromatic carbocycles. The molecular formula is C25H28N4O2S. The minimum absolute atomic E-state index is 0.0165. The van der Waals surface area contributed by atoms with Crippen molar-refractivity contribution in [2.24, 2.45) is 5.92 Å². The van der Waals surface area contributed by atoms with Gasteiger partial charge in [0.05, 0.1) is 18.0 Å². The molecule has 0 bridgehead atoms. The second kappa shape index (κ2) is 8.14. The number of carbonyl (C=O) groups is 1. The first-order valence-electron chi connectivity index (χ1n) is 11.6. The number of aryl methyl sites for hydroxylation is 1. The van der Waals surface area contributed by atoms with E-state index in [1.165, 1.54) is 29.8 Å². The highest BCUT2D eigenvalue weighted by atomic mass is 32.1. The van der Waals surface area contributed by atoms with E-state index in [2.05, 4.69) is 16.3 Å². The molecule has 1 aliphatic heterocycles. The topological polar surface area (TPSA) is 61.6 Å². The Balaban J connectivity index is 1.34. The molecule has 6 nitrogen and oxygen atoms in total. The Bertz CT molecular complexity index is 1140. The van der Waals surface area contributed by atoms with Crippen LogP contribution in [0.4, 0.5) is 0 Å². The zero-order chi connectivity index (χ0) is 21.7. The molecule has 2 fully saturated rings. The number of thiophene rings is 1. The summed E-state index contributed by atoms with van der Waals surface area (Å²) in [6.07, 6.45) is 4.55. The molecule has 0 radical (unpaired) electrons. The minimum Gasteiger partial charge on any atom is -0.392 e. The van der Waals surface area contributed by atoms with Gasteiger partial charge in [0.15, 0.2) is 5.69 Å². The molecule has 0 spiro atoms. The lowest BCUT2D eigenvalue weighted by Crippen LogP contribution is -2.49. The molecule has 166 valence electrons. The maximum atomic E-state index is 13.6. The Morgan fingerprint density at radius 2 is 1.84 bits per heavy atom. The Kier molecular flexibility index (Phi) is 5.12. The molecule has 0 atom stereocenters. The second-order valence-electron chi connectivity index (χ2n) is 9.21. The van der Waals surface area contributed by atoms with Gasteiger partial charge < -0.3 is 10.0 Å². The van der Waals surface area contributed by atoms with Gasteiger partial charge in [-0.2, -0.15) is 5.10 Å². The first kappa shape index (κ1) is 20.1. The van der Waals surface area contributed by atoms with Crippen LogP contribution in [0.5, 0.6) is 0 Å². The summed E-state index contributed by atoms with van der Waals surface area (Å²) >= 11 is 1.78. The Labute approximate surface area is 192 Å². The van der Waals surface area contributed by atoms with Gasteiger partial charge in [0.1, 0.15) is 0 Å². The summed E-state index contributed by atoms with van der Waals surface area (Å²) in [5, 5.41) is 16.4. The van der Waals surface area contributed by atoms with Gasteiger partial charge in [0, 0.05) is 48.7 Å². The highest BCUT2D eigenvalue weighted by Crippen LogP contribution is 2.40. The van der Waals surface area contributed by atoms with Crippen LogP contribution in [0.2, 0.25) is 0 Å². The number of piperazine rings is 1. The van der Waals surface area contributed by atoms with E-state index in [1.54, 1.807) is 11.3 Å². The van der Waals surface area contributed by atoms with E-state index >= 15 is 0 Å². The van der Waals surface area contributed by atoms with E-state index in [-0.39, 0.29) is 12.5 Å². The highest BCUT2D eigenvalue weighted by molar-refractivity contribution is 7.10. The fourth-order valence-electron chi connectivity index (χ4n) is 5.00. The highest BCUT2D eigenvalue weighted by Gasteiger charge is 2.33. The molecule has 3 aliphatic rings. The number of rotatable bonds is 5. The van der Waals surface area contributed by atoms with Crippen molar-refractivity contribution in [2.75, 3.05) is 32.7 Å². The van der Waals surface area contributed by atoms with Crippen LogP contribution in [0.3, 0.4) is 0 Å². The summed E-state index contributed by atoms with van der Waals surface area (Å²) in [5.41, 5.74) is 5.73. The van der Waals surface area contributed by atoms with Gasteiger partial charge in [-0.1, -0.05) is 12.1 Å². The van der Waals surface area contributed by atoms with Gasteiger partial charge in [0.25, 0.3) is 5.91 Å². The molecule has 2 aliphatic carbocycles. The van der Waals surface area contributed by atoms with Crippen LogP contribution in [0, 0.1) is 5.92 Å². The molecule has 3 heterocycles. The number of benzene rings is 1. The molecule has 1 amide bonds. The van der Waals surface area contributed by atoms with E-state index in [4.69, 9.17) is 5.10 Å². The van der Waals surface area contributed by atoms with E-state index in [9.17, 15) is 9.90 Å². The molecule has 1 saturated heterocycles. The number of aliphatic hydroxyl groups is 1. The summed E-state index contributed by atoms with van der Waals surface area (Å²) < 4.78 is 1.94. The van der Waals surface area contributed by atoms with Crippen LogP contribution in [-0.2, 0) is 19.4 Å². The third-order valence-electron chi connectivity index (χ3n) is 7.02. The summed E-state index contributed by atoms with van der Waals surface area (Å²) in [6.45, 7) is 4.69. The van der Waals surface area contributed by atoms with Crippen molar-refractivity contribution in [3.05, 3.63) is 57.4 Å². The maximum Gasteiger partial charge on any atom is 0.274 e. The Morgan fingerprint density at radius 1 is 1.06 bits per heavy atom. The third-order valence-corrected chi connectivity index (χ3v) is 8.01. The Morgan fingerprint density at radius 3 is 2.56 bits per heavy atom. The Hall–Kier alpha value is -2.48. The van der Waals surface area contributed by atoms with Crippen LogP contribution < -0.4 is 0 Å². The number of aliphatic hydroxyl groups excluding tert-OH is 1. The largest absolute Gasteiger partial charge is 0.392 e. The fraction of sp³-hybridized carbons (Fsp3) is 0.440. The standard InChI is InChI=1S/C25H28N4O2S/c30-16-18-3-5-19(6-4-18)29-24-20-9-14-32-22(20)8-7-21(24)23(26-29)25(31)28-12-10-27(11-13-28)15-17-1-2-17/h3-6,9,14,17,30H,1-2,7-8,10-13,15-16H2. The van der Waals surface area contributed by atoms with Crippen molar-refractivity contribution >= 4 is 17.2 Å². The summed E-state index contributed by atoms with van der Waals surface area (Å²) in [4.78, 5) is 19.5. The van der Waals surface area contributed by atoms with Gasteiger partial charge in [0.2, 0.25) is 0 Å². The molecule has 1 saturated carbocycles. The quantitative estimate of drug-likeness (QED) is 0.650. The fourth-order valence-corrected chi connectivity index (χ4v) is 5.88. The van der Waals surface area contributed by atoms with Crippen molar-refractivity contribution in [3.8, 4) is 16.9 Å². The van der Waals surface area contributed by atoms with Gasteiger partial charge in [-0.05, 0) is 60.7 Å². The first-order chi connectivity index (χ1) is 15.7. The molecule has 3 aromatic rings. The van der Waals surface area contributed by atoms with Crippen LogP contribution in [0.25, 0.3) is 16.9 Å². The van der Waals surface area contributed by atoms with E-state index < -0.39 is 0 Å². The molecule has 32 heavy (non-hydrogen) atoms. The summed E-state index contributed by atoms with van der Waals surface area (Å²) in [5.74, 6) is 0.953. The molecule has 6 rings (SSSR count). The lowest BCUT2D eigenvalue weighted by atomic mass is 9.94. The van der Waals surface area contributed by atoms with E-state index in [0.29, 0.717) is 5.69 Å². The third kappa shape index (κ3) is 3.58. The smallest absolute Gasteiger partial charge is 0.274 e.